The second-order valence-electron chi connectivity index (χ2n) is 4.04. The zero-order chi connectivity index (χ0) is 12.1. The van der Waals surface area contributed by atoms with Crippen LogP contribution >= 0.6 is 0 Å². The third-order valence-electron chi connectivity index (χ3n) is 2.77. The highest BCUT2D eigenvalue weighted by Crippen LogP contribution is 2.20. The average molecular weight is 233 g/mol. The van der Waals surface area contributed by atoms with Crippen molar-refractivity contribution in [1.29, 1.82) is 0 Å². The largest absolute Gasteiger partial charge is 0.476 e. The lowest BCUT2D eigenvalue weighted by Gasteiger charge is -2.05. The maximum Gasteiger partial charge on any atom is 0.356 e. The molecule has 0 aliphatic heterocycles. The minimum absolute atomic E-state index is 0.0333. The van der Waals surface area contributed by atoms with Gasteiger partial charge in [-0.3, -0.25) is 0 Å². The first-order valence-corrected chi connectivity index (χ1v) is 5.74. The van der Waals surface area contributed by atoms with Crippen LogP contribution in [0.5, 0.6) is 0 Å². The fraction of sp³-hybridized carbons (Fsp3) is 0.417. The molecule has 1 heterocycles. The van der Waals surface area contributed by atoms with Crippen LogP contribution in [0.15, 0.2) is 23.8 Å². The predicted octanol–water partition coefficient (Wildman–Crippen LogP) is 2.09. The smallest absolute Gasteiger partial charge is 0.356 e. The van der Waals surface area contributed by atoms with E-state index in [0.29, 0.717) is 5.82 Å². The van der Waals surface area contributed by atoms with Gasteiger partial charge in [0.05, 0.1) is 0 Å². The maximum atomic E-state index is 10.6. The van der Waals surface area contributed by atoms with E-state index >= 15 is 0 Å². The average Bonchev–Trinajstić information content (AvgIpc) is 2.83. The number of rotatable bonds is 5. The lowest BCUT2D eigenvalue weighted by Crippen LogP contribution is -2.07. The van der Waals surface area contributed by atoms with Gasteiger partial charge in [0.25, 0.3) is 0 Å². The van der Waals surface area contributed by atoms with Crippen LogP contribution < -0.4 is 5.32 Å². The Morgan fingerprint density at radius 3 is 2.88 bits per heavy atom. The fourth-order valence-electron chi connectivity index (χ4n) is 1.86. The molecule has 0 radical (unpaired) electrons. The molecule has 1 aliphatic carbocycles. The van der Waals surface area contributed by atoms with E-state index in [2.05, 4.69) is 21.6 Å². The summed E-state index contributed by atoms with van der Waals surface area (Å²) in [7, 11) is 0. The van der Waals surface area contributed by atoms with E-state index in [1.54, 1.807) is 6.07 Å². The Bertz CT molecular complexity index is 426. The molecule has 0 spiro atoms. The minimum atomic E-state index is -1.06. The predicted molar refractivity (Wildman–Crippen MR) is 64.0 cm³/mol. The molecule has 0 fully saturated rings. The SMILES string of the molecule is O=C(O)c1ccc(NCCC2=CCCC2)nn1. The molecule has 0 saturated heterocycles. The number of aromatic nitrogens is 2. The zero-order valence-corrected chi connectivity index (χ0v) is 9.52. The molecule has 0 bridgehead atoms. The summed E-state index contributed by atoms with van der Waals surface area (Å²) in [6, 6.07) is 3.09. The van der Waals surface area contributed by atoms with E-state index in [1.807, 2.05) is 0 Å². The maximum absolute atomic E-state index is 10.6. The summed E-state index contributed by atoms with van der Waals surface area (Å²) in [4.78, 5) is 10.6. The minimum Gasteiger partial charge on any atom is -0.476 e. The van der Waals surface area contributed by atoms with Gasteiger partial charge in [-0.1, -0.05) is 11.6 Å². The Balaban J connectivity index is 1.80. The Labute approximate surface area is 99.6 Å². The van der Waals surface area contributed by atoms with Crippen molar-refractivity contribution in [2.24, 2.45) is 0 Å². The van der Waals surface area contributed by atoms with E-state index in [1.165, 1.54) is 30.9 Å². The van der Waals surface area contributed by atoms with Crippen molar-refractivity contribution in [2.75, 3.05) is 11.9 Å². The van der Waals surface area contributed by atoms with Crippen molar-refractivity contribution in [2.45, 2.75) is 25.7 Å². The van der Waals surface area contributed by atoms with E-state index < -0.39 is 5.97 Å². The topological polar surface area (TPSA) is 75.1 Å². The zero-order valence-electron chi connectivity index (χ0n) is 9.52. The van der Waals surface area contributed by atoms with Gasteiger partial charge in [-0.2, -0.15) is 0 Å². The standard InChI is InChI=1S/C12H15N3O2/c16-12(17)10-5-6-11(15-14-10)13-8-7-9-3-1-2-4-9/h3,5-6H,1-2,4,7-8H2,(H,13,15)(H,16,17). The van der Waals surface area contributed by atoms with Gasteiger partial charge in [0, 0.05) is 6.54 Å². The highest BCUT2D eigenvalue weighted by molar-refractivity contribution is 5.85. The van der Waals surface area contributed by atoms with E-state index in [4.69, 9.17) is 5.11 Å². The number of carboxylic acids is 1. The summed E-state index contributed by atoms with van der Waals surface area (Å²) in [6.45, 7) is 0.812. The highest BCUT2D eigenvalue weighted by Gasteiger charge is 2.06. The van der Waals surface area contributed by atoms with Gasteiger partial charge >= 0.3 is 5.97 Å². The van der Waals surface area contributed by atoms with Gasteiger partial charge in [0.1, 0.15) is 5.82 Å². The number of hydrogen-bond acceptors (Lipinski definition) is 4. The summed E-state index contributed by atoms with van der Waals surface area (Å²) in [6.07, 6.45) is 6.97. The molecule has 1 aliphatic rings. The van der Waals surface area contributed by atoms with E-state index in [-0.39, 0.29) is 5.69 Å². The normalized spacial score (nSPS) is 14.5. The number of anilines is 1. The van der Waals surface area contributed by atoms with Crippen LogP contribution in [0.4, 0.5) is 5.82 Å². The number of carboxylic acid groups (broad SMARTS) is 1. The summed E-state index contributed by atoms with van der Waals surface area (Å²) < 4.78 is 0. The van der Waals surface area contributed by atoms with E-state index in [0.717, 1.165) is 13.0 Å². The van der Waals surface area contributed by atoms with Gasteiger partial charge < -0.3 is 10.4 Å². The van der Waals surface area contributed by atoms with Gasteiger partial charge in [0.2, 0.25) is 0 Å². The molecule has 0 unspecified atom stereocenters. The fourth-order valence-corrected chi connectivity index (χ4v) is 1.86. The molecule has 0 aromatic carbocycles. The molecule has 2 N–H and O–H groups in total. The van der Waals surface area contributed by atoms with Crippen molar-refractivity contribution in [1.82, 2.24) is 10.2 Å². The first-order chi connectivity index (χ1) is 8.25. The van der Waals surface area contributed by atoms with Gasteiger partial charge in [-0.25, -0.2) is 4.79 Å². The highest BCUT2D eigenvalue weighted by atomic mass is 16.4. The number of nitrogens with zero attached hydrogens (tertiary/aromatic N) is 2. The summed E-state index contributed by atoms with van der Waals surface area (Å²) >= 11 is 0. The van der Waals surface area contributed by atoms with Crippen molar-refractivity contribution in [3.05, 3.63) is 29.5 Å². The number of nitrogens with one attached hydrogen (secondary N) is 1. The number of carbonyl (C=O) groups is 1. The molecule has 1 aromatic heterocycles. The lowest BCUT2D eigenvalue weighted by molar-refractivity contribution is 0.0689. The van der Waals surface area contributed by atoms with Crippen LogP contribution in [0, 0.1) is 0 Å². The van der Waals surface area contributed by atoms with E-state index in [9.17, 15) is 4.79 Å². The first-order valence-electron chi connectivity index (χ1n) is 5.74. The van der Waals surface area contributed by atoms with Crippen molar-refractivity contribution in [3.63, 3.8) is 0 Å². The summed E-state index contributed by atoms with van der Waals surface area (Å²) in [5.74, 6) is -0.436. The van der Waals surface area contributed by atoms with Crippen LogP contribution in [0.2, 0.25) is 0 Å². The molecule has 0 atom stereocenters. The second-order valence-corrected chi connectivity index (χ2v) is 4.04. The first kappa shape index (κ1) is 11.6. The van der Waals surface area contributed by atoms with Crippen LogP contribution in [-0.4, -0.2) is 27.8 Å². The third kappa shape index (κ3) is 3.27. The van der Waals surface area contributed by atoms with Gasteiger partial charge in [0.15, 0.2) is 5.69 Å². The number of allylic oxidation sites excluding steroid dienone is 1. The Morgan fingerprint density at radius 2 is 2.29 bits per heavy atom. The molecule has 90 valence electrons. The molecule has 0 amide bonds. The van der Waals surface area contributed by atoms with Gasteiger partial charge in [-0.05, 0) is 37.8 Å². The van der Waals surface area contributed by atoms with Gasteiger partial charge in [-0.15, -0.1) is 10.2 Å². The molecule has 5 heteroatoms. The molecular formula is C12H15N3O2. The summed E-state index contributed by atoms with van der Waals surface area (Å²) in [5.41, 5.74) is 1.46. The Morgan fingerprint density at radius 1 is 1.41 bits per heavy atom. The second kappa shape index (κ2) is 5.43. The van der Waals surface area contributed by atoms with Crippen LogP contribution in [0.1, 0.15) is 36.2 Å². The number of aromatic carboxylic acids is 1. The van der Waals surface area contributed by atoms with Crippen LogP contribution in [0.25, 0.3) is 0 Å². The quantitative estimate of drug-likeness (QED) is 0.761. The third-order valence-corrected chi connectivity index (χ3v) is 2.77. The molecule has 1 aromatic rings. The number of hydrogen-bond donors (Lipinski definition) is 2. The monoisotopic (exact) mass is 233 g/mol. The van der Waals surface area contributed by atoms with Crippen molar-refractivity contribution < 1.29 is 9.90 Å². The molecule has 5 nitrogen and oxygen atoms in total. The lowest BCUT2D eigenvalue weighted by atomic mass is 10.2. The Hall–Kier alpha value is -1.91. The van der Waals surface area contributed by atoms with Crippen LogP contribution in [0.3, 0.4) is 0 Å². The molecule has 0 saturated carbocycles. The van der Waals surface area contributed by atoms with Crippen molar-refractivity contribution in [3.8, 4) is 0 Å². The van der Waals surface area contributed by atoms with Crippen molar-refractivity contribution >= 4 is 11.8 Å². The summed E-state index contributed by atoms with van der Waals surface area (Å²) in [5, 5.41) is 19.2. The molecule has 2 rings (SSSR count). The molecule has 17 heavy (non-hydrogen) atoms. The van der Waals surface area contributed by atoms with Crippen LogP contribution in [-0.2, 0) is 0 Å². The molecular weight excluding hydrogens is 218 g/mol. The Kier molecular flexibility index (Phi) is 3.69.